The number of nitro groups is 1. The molecule has 7 nitrogen and oxygen atoms in total. The topological polar surface area (TPSA) is 90.7 Å². The van der Waals surface area contributed by atoms with Crippen LogP contribution in [0.5, 0.6) is 0 Å². The summed E-state index contributed by atoms with van der Waals surface area (Å²) >= 11 is 5.82. The molecule has 8 heteroatoms. The van der Waals surface area contributed by atoms with Crippen molar-refractivity contribution in [2.24, 2.45) is 0 Å². The number of carbonyl (C=O) groups excluding carboxylic acids is 1. The van der Waals surface area contributed by atoms with Gasteiger partial charge in [-0.2, -0.15) is 0 Å². The summed E-state index contributed by atoms with van der Waals surface area (Å²) in [6, 6.07) is 3.63. The molecule has 0 aromatic heterocycles. The quantitative estimate of drug-likeness (QED) is 0.488. The molecule has 0 bridgehead atoms. The molecule has 0 radical (unpaired) electrons. The normalized spacial score (nSPS) is 10.5. The van der Waals surface area contributed by atoms with Crippen molar-refractivity contribution >= 4 is 23.2 Å². The van der Waals surface area contributed by atoms with E-state index in [0.29, 0.717) is 0 Å². The Bertz CT molecular complexity index is 476. The SMILES string of the molecule is COC(CNC(=O)c1ccc([N+](=O)[O-])cc1Cl)OC. The Labute approximate surface area is 114 Å². The van der Waals surface area contributed by atoms with Crippen LogP contribution in [-0.2, 0) is 9.47 Å². The molecule has 1 rings (SSSR count). The Balaban J connectivity index is 2.75. The summed E-state index contributed by atoms with van der Waals surface area (Å²) < 4.78 is 9.81. The highest BCUT2D eigenvalue weighted by Gasteiger charge is 2.16. The summed E-state index contributed by atoms with van der Waals surface area (Å²) in [4.78, 5) is 21.8. The maximum absolute atomic E-state index is 11.8. The van der Waals surface area contributed by atoms with Gasteiger partial charge in [-0.15, -0.1) is 0 Å². The molecule has 0 spiro atoms. The first kappa shape index (κ1) is 15.4. The first-order valence-electron chi connectivity index (χ1n) is 5.27. The minimum atomic E-state index is -0.584. The van der Waals surface area contributed by atoms with Gasteiger partial charge < -0.3 is 14.8 Å². The zero-order chi connectivity index (χ0) is 14.4. The minimum absolute atomic E-state index is 0.0121. The Hall–Kier alpha value is -1.70. The largest absolute Gasteiger partial charge is 0.354 e. The predicted molar refractivity (Wildman–Crippen MR) is 68.2 cm³/mol. The molecule has 0 heterocycles. The van der Waals surface area contributed by atoms with Crippen molar-refractivity contribution in [3.8, 4) is 0 Å². The summed E-state index contributed by atoms with van der Waals surface area (Å²) in [5.74, 6) is -0.459. The standard InChI is InChI=1S/C11H13ClN2O5/c1-18-10(19-2)6-13-11(15)8-4-3-7(14(16)17)5-9(8)12/h3-5,10H,6H2,1-2H3,(H,13,15). The third-order valence-corrected chi connectivity index (χ3v) is 2.68. The van der Waals surface area contributed by atoms with Gasteiger partial charge >= 0.3 is 0 Å². The third-order valence-electron chi connectivity index (χ3n) is 2.36. The van der Waals surface area contributed by atoms with Crippen molar-refractivity contribution in [3.63, 3.8) is 0 Å². The van der Waals surface area contributed by atoms with E-state index in [0.717, 1.165) is 6.07 Å². The van der Waals surface area contributed by atoms with Crippen LogP contribution in [0.15, 0.2) is 18.2 Å². The van der Waals surface area contributed by atoms with E-state index in [1.54, 1.807) is 0 Å². The van der Waals surface area contributed by atoms with E-state index >= 15 is 0 Å². The maximum Gasteiger partial charge on any atom is 0.270 e. The Morgan fingerprint density at radius 1 is 1.47 bits per heavy atom. The van der Waals surface area contributed by atoms with Crippen molar-refractivity contribution in [1.82, 2.24) is 5.32 Å². The molecule has 1 aromatic carbocycles. The second-order valence-corrected chi connectivity index (χ2v) is 3.94. The van der Waals surface area contributed by atoms with Gasteiger partial charge in [-0.05, 0) is 6.07 Å². The predicted octanol–water partition coefficient (Wildman–Crippen LogP) is 1.60. The summed E-state index contributed by atoms with van der Waals surface area (Å²) in [7, 11) is 2.89. The van der Waals surface area contributed by atoms with Crippen LogP contribution in [0.1, 0.15) is 10.4 Å². The number of methoxy groups -OCH3 is 2. The molecule has 1 amide bonds. The number of benzene rings is 1. The molecule has 0 saturated carbocycles. The first-order valence-corrected chi connectivity index (χ1v) is 5.65. The Morgan fingerprint density at radius 3 is 2.58 bits per heavy atom. The van der Waals surface area contributed by atoms with Crippen LogP contribution < -0.4 is 5.32 Å². The van der Waals surface area contributed by atoms with Crippen molar-refractivity contribution in [2.75, 3.05) is 20.8 Å². The Morgan fingerprint density at radius 2 is 2.11 bits per heavy atom. The van der Waals surface area contributed by atoms with E-state index < -0.39 is 17.1 Å². The Kier molecular flexibility index (Phi) is 5.68. The molecule has 104 valence electrons. The molecular weight excluding hydrogens is 276 g/mol. The third kappa shape index (κ3) is 4.16. The van der Waals surface area contributed by atoms with Gasteiger partial charge in [-0.25, -0.2) is 0 Å². The fourth-order valence-electron chi connectivity index (χ4n) is 1.34. The van der Waals surface area contributed by atoms with Crippen molar-refractivity contribution in [1.29, 1.82) is 0 Å². The molecule has 0 fully saturated rings. The van der Waals surface area contributed by atoms with Crippen LogP contribution in [0, 0.1) is 10.1 Å². The van der Waals surface area contributed by atoms with E-state index in [2.05, 4.69) is 5.32 Å². The van der Waals surface area contributed by atoms with Gasteiger partial charge in [0, 0.05) is 26.4 Å². The van der Waals surface area contributed by atoms with E-state index in [1.807, 2.05) is 0 Å². The number of carbonyl (C=O) groups is 1. The van der Waals surface area contributed by atoms with Crippen LogP contribution in [0.2, 0.25) is 5.02 Å². The molecule has 0 atom stereocenters. The van der Waals surface area contributed by atoms with Gasteiger partial charge in [0.2, 0.25) is 0 Å². The molecule has 1 aromatic rings. The number of amides is 1. The number of non-ortho nitro benzene ring substituents is 1. The average molecular weight is 289 g/mol. The lowest BCUT2D eigenvalue weighted by molar-refractivity contribution is -0.384. The molecule has 19 heavy (non-hydrogen) atoms. The number of nitrogens with zero attached hydrogens (tertiary/aromatic N) is 1. The van der Waals surface area contributed by atoms with Gasteiger partial charge in [0.05, 0.1) is 22.1 Å². The van der Waals surface area contributed by atoms with Crippen LogP contribution in [0.4, 0.5) is 5.69 Å². The lowest BCUT2D eigenvalue weighted by Gasteiger charge is -2.14. The first-order chi connectivity index (χ1) is 8.99. The lowest BCUT2D eigenvalue weighted by Crippen LogP contribution is -2.34. The highest BCUT2D eigenvalue weighted by Crippen LogP contribution is 2.22. The van der Waals surface area contributed by atoms with Crippen molar-refractivity contribution < 1.29 is 19.2 Å². The zero-order valence-corrected chi connectivity index (χ0v) is 11.1. The molecular formula is C11H13ClN2O5. The van der Waals surface area contributed by atoms with Gasteiger partial charge in [0.25, 0.3) is 11.6 Å². The number of rotatable bonds is 6. The number of halogens is 1. The van der Waals surface area contributed by atoms with Gasteiger partial charge in [0.1, 0.15) is 0 Å². The maximum atomic E-state index is 11.8. The average Bonchev–Trinajstić information content (AvgIpc) is 2.39. The summed E-state index contributed by atoms with van der Waals surface area (Å²) in [5.41, 5.74) is -0.0218. The minimum Gasteiger partial charge on any atom is -0.354 e. The van der Waals surface area contributed by atoms with Crippen LogP contribution in [0.3, 0.4) is 0 Å². The lowest BCUT2D eigenvalue weighted by atomic mass is 10.2. The van der Waals surface area contributed by atoms with Crippen LogP contribution in [-0.4, -0.2) is 37.9 Å². The zero-order valence-electron chi connectivity index (χ0n) is 10.4. The molecule has 0 unspecified atom stereocenters. The monoisotopic (exact) mass is 288 g/mol. The molecule has 0 aliphatic carbocycles. The molecule has 0 aliphatic rings. The summed E-state index contributed by atoms with van der Waals surface area (Å²) in [5, 5.41) is 13.1. The van der Waals surface area contributed by atoms with Gasteiger partial charge in [0.15, 0.2) is 6.29 Å². The van der Waals surface area contributed by atoms with Crippen LogP contribution in [0.25, 0.3) is 0 Å². The second kappa shape index (κ2) is 7.03. The van der Waals surface area contributed by atoms with E-state index in [4.69, 9.17) is 21.1 Å². The highest BCUT2D eigenvalue weighted by atomic mass is 35.5. The van der Waals surface area contributed by atoms with E-state index in [1.165, 1.54) is 26.4 Å². The van der Waals surface area contributed by atoms with E-state index in [9.17, 15) is 14.9 Å². The molecule has 0 aliphatic heterocycles. The highest BCUT2D eigenvalue weighted by molar-refractivity contribution is 6.34. The fourth-order valence-corrected chi connectivity index (χ4v) is 1.60. The second-order valence-electron chi connectivity index (χ2n) is 3.53. The number of nitro benzene ring substituents is 1. The van der Waals surface area contributed by atoms with Gasteiger partial charge in [-0.3, -0.25) is 14.9 Å². The number of hydrogen-bond acceptors (Lipinski definition) is 5. The van der Waals surface area contributed by atoms with E-state index in [-0.39, 0.29) is 22.8 Å². The number of hydrogen-bond donors (Lipinski definition) is 1. The van der Waals surface area contributed by atoms with Crippen molar-refractivity contribution in [2.45, 2.75) is 6.29 Å². The smallest absolute Gasteiger partial charge is 0.270 e. The number of nitrogens with one attached hydrogen (secondary N) is 1. The number of ether oxygens (including phenoxy) is 2. The van der Waals surface area contributed by atoms with Gasteiger partial charge in [-0.1, -0.05) is 11.6 Å². The van der Waals surface area contributed by atoms with Crippen molar-refractivity contribution in [3.05, 3.63) is 38.9 Å². The molecule has 1 N–H and O–H groups in total. The summed E-state index contributed by atoms with van der Waals surface area (Å²) in [6.07, 6.45) is -0.569. The molecule has 0 saturated heterocycles. The van der Waals surface area contributed by atoms with Crippen LogP contribution >= 0.6 is 11.6 Å². The summed E-state index contributed by atoms with van der Waals surface area (Å²) in [6.45, 7) is 0.138. The fraction of sp³-hybridized carbons (Fsp3) is 0.364.